The lowest BCUT2D eigenvalue weighted by Gasteiger charge is -2.06. The standard InChI is InChI=1S/C27H24N6O6S/c1-15-10-23(27(36)26(11-15)40(37,38)39)33-32-22-13-21(24(34)14-25(22)35)31-29-19-8-6-18(7-9-19)28-30-20-5-4-16(2)17(3)12-20/h4-14,34-36H,1-3H3,(H,37,38,39). The van der Waals surface area contributed by atoms with Gasteiger partial charge >= 0.3 is 0 Å². The molecule has 0 radical (unpaired) electrons. The molecule has 0 saturated heterocycles. The summed E-state index contributed by atoms with van der Waals surface area (Å²) in [5, 5.41) is 54.7. The Morgan fingerprint density at radius 3 is 1.62 bits per heavy atom. The van der Waals surface area contributed by atoms with E-state index in [1.54, 1.807) is 24.3 Å². The minimum atomic E-state index is -4.71. The molecule has 4 aromatic rings. The minimum Gasteiger partial charge on any atom is -0.505 e. The number of hydrogen-bond donors (Lipinski definition) is 4. The Hall–Kier alpha value is -5.01. The summed E-state index contributed by atoms with van der Waals surface area (Å²) in [6, 6.07) is 17.1. The Kier molecular flexibility index (Phi) is 7.98. The second-order valence-electron chi connectivity index (χ2n) is 8.82. The number of azo groups is 3. The molecule has 0 aliphatic rings. The molecule has 12 nitrogen and oxygen atoms in total. The molecule has 0 amide bonds. The van der Waals surface area contributed by atoms with Gasteiger partial charge in [0, 0.05) is 12.1 Å². The van der Waals surface area contributed by atoms with Crippen LogP contribution < -0.4 is 0 Å². The Balaban J connectivity index is 1.54. The van der Waals surface area contributed by atoms with Crippen LogP contribution in [0.25, 0.3) is 0 Å². The normalized spacial score (nSPS) is 12.2. The fourth-order valence-electron chi connectivity index (χ4n) is 3.42. The summed E-state index contributed by atoms with van der Waals surface area (Å²) in [6.07, 6.45) is 0. The van der Waals surface area contributed by atoms with Gasteiger partial charge in [0.25, 0.3) is 10.1 Å². The number of phenols is 3. The summed E-state index contributed by atoms with van der Waals surface area (Å²) in [5.74, 6) is -1.65. The lowest BCUT2D eigenvalue weighted by Crippen LogP contribution is -1.99. The van der Waals surface area contributed by atoms with E-state index in [1.165, 1.54) is 24.6 Å². The van der Waals surface area contributed by atoms with E-state index in [1.807, 2.05) is 32.0 Å². The van der Waals surface area contributed by atoms with Crippen molar-refractivity contribution in [3.05, 3.63) is 83.4 Å². The second kappa shape index (κ2) is 11.4. The molecule has 0 bridgehead atoms. The fraction of sp³-hybridized carbons (Fsp3) is 0.111. The zero-order chi connectivity index (χ0) is 29.0. The molecule has 0 aliphatic heterocycles. The van der Waals surface area contributed by atoms with Gasteiger partial charge in [-0.25, -0.2) is 0 Å². The highest BCUT2D eigenvalue weighted by molar-refractivity contribution is 7.86. The first-order valence-corrected chi connectivity index (χ1v) is 13.1. The van der Waals surface area contributed by atoms with Gasteiger partial charge in [0.2, 0.25) is 0 Å². The van der Waals surface area contributed by atoms with Crippen molar-refractivity contribution in [2.24, 2.45) is 30.7 Å². The van der Waals surface area contributed by atoms with Crippen LogP contribution in [0.2, 0.25) is 0 Å². The van der Waals surface area contributed by atoms with Crippen molar-refractivity contribution in [2.45, 2.75) is 25.7 Å². The number of benzene rings is 4. The molecule has 40 heavy (non-hydrogen) atoms. The van der Waals surface area contributed by atoms with E-state index < -0.39 is 26.5 Å². The van der Waals surface area contributed by atoms with Gasteiger partial charge in [0.05, 0.1) is 17.1 Å². The average molecular weight is 561 g/mol. The van der Waals surface area contributed by atoms with Crippen LogP contribution in [0.5, 0.6) is 17.2 Å². The summed E-state index contributed by atoms with van der Waals surface area (Å²) in [5.41, 5.74) is 3.99. The highest BCUT2D eigenvalue weighted by Gasteiger charge is 2.19. The van der Waals surface area contributed by atoms with Crippen LogP contribution >= 0.6 is 0 Å². The van der Waals surface area contributed by atoms with Crippen molar-refractivity contribution >= 4 is 44.2 Å². The van der Waals surface area contributed by atoms with Crippen LogP contribution in [-0.2, 0) is 10.1 Å². The largest absolute Gasteiger partial charge is 0.505 e. The molecule has 0 aliphatic carbocycles. The van der Waals surface area contributed by atoms with E-state index in [9.17, 15) is 28.3 Å². The highest BCUT2D eigenvalue weighted by atomic mass is 32.2. The van der Waals surface area contributed by atoms with Crippen LogP contribution in [0.4, 0.5) is 34.1 Å². The van der Waals surface area contributed by atoms with Gasteiger partial charge in [-0.15, -0.1) is 15.3 Å². The van der Waals surface area contributed by atoms with E-state index in [0.29, 0.717) is 16.9 Å². The molecular formula is C27H24N6O6S. The van der Waals surface area contributed by atoms with Crippen molar-refractivity contribution in [1.29, 1.82) is 0 Å². The van der Waals surface area contributed by atoms with Crippen molar-refractivity contribution in [1.82, 2.24) is 0 Å². The summed E-state index contributed by atoms with van der Waals surface area (Å²) in [7, 11) is -4.71. The summed E-state index contributed by atoms with van der Waals surface area (Å²) < 4.78 is 32.3. The molecule has 13 heteroatoms. The number of nitrogens with zero attached hydrogens (tertiary/aromatic N) is 6. The first kappa shape index (κ1) is 28.0. The number of hydrogen-bond acceptors (Lipinski definition) is 11. The lowest BCUT2D eigenvalue weighted by molar-refractivity contribution is 0.443. The predicted molar refractivity (Wildman–Crippen MR) is 147 cm³/mol. The van der Waals surface area contributed by atoms with Gasteiger partial charge in [-0.05, 0) is 86.0 Å². The predicted octanol–water partition coefficient (Wildman–Crippen LogP) is 8.22. The molecule has 0 heterocycles. The van der Waals surface area contributed by atoms with Crippen molar-refractivity contribution < 1.29 is 28.3 Å². The third-order valence-corrected chi connectivity index (χ3v) is 6.58. The molecule has 4 N–H and O–H groups in total. The third kappa shape index (κ3) is 6.70. The van der Waals surface area contributed by atoms with Gasteiger partial charge < -0.3 is 15.3 Å². The third-order valence-electron chi connectivity index (χ3n) is 5.71. The van der Waals surface area contributed by atoms with E-state index >= 15 is 0 Å². The topological polar surface area (TPSA) is 189 Å². The Morgan fingerprint density at radius 1 is 0.550 bits per heavy atom. The van der Waals surface area contributed by atoms with Crippen molar-refractivity contribution in [3.63, 3.8) is 0 Å². The quantitative estimate of drug-likeness (QED) is 0.130. The van der Waals surface area contributed by atoms with Gasteiger partial charge in [-0.3, -0.25) is 4.55 Å². The lowest BCUT2D eigenvalue weighted by atomic mass is 10.1. The van der Waals surface area contributed by atoms with Crippen LogP contribution in [0.3, 0.4) is 0 Å². The highest BCUT2D eigenvalue weighted by Crippen LogP contribution is 2.41. The zero-order valence-corrected chi connectivity index (χ0v) is 22.4. The molecule has 0 atom stereocenters. The van der Waals surface area contributed by atoms with Crippen LogP contribution in [0.15, 0.2) is 102 Å². The average Bonchev–Trinajstić information content (AvgIpc) is 2.90. The molecule has 0 spiro atoms. The van der Waals surface area contributed by atoms with E-state index in [2.05, 4.69) is 30.7 Å². The molecule has 4 rings (SSSR count). The zero-order valence-electron chi connectivity index (χ0n) is 21.5. The molecule has 204 valence electrons. The van der Waals surface area contributed by atoms with E-state index in [0.717, 1.165) is 23.4 Å². The first-order chi connectivity index (χ1) is 18.9. The van der Waals surface area contributed by atoms with E-state index in [-0.39, 0.29) is 22.8 Å². The van der Waals surface area contributed by atoms with Gasteiger partial charge in [-0.2, -0.15) is 23.8 Å². The van der Waals surface area contributed by atoms with Crippen molar-refractivity contribution in [2.75, 3.05) is 0 Å². The minimum absolute atomic E-state index is 0.0441. The Morgan fingerprint density at radius 2 is 1.05 bits per heavy atom. The number of aromatic hydroxyl groups is 3. The van der Waals surface area contributed by atoms with Crippen LogP contribution in [-0.4, -0.2) is 28.3 Å². The first-order valence-electron chi connectivity index (χ1n) is 11.7. The Bertz CT molecular complexity index is 1780. The van der Waals surface area contributed by atoms with Gasteiger partial charge in [-0.1, -0.05) is 6.07 Å². The number of aryl methyl sites for hydroxylation is 3. The van der Waals surface area contributed by atoms with Gasteiger partial charge in [0.1, 0.15) is 33.5 Å². The molecule has 0 aromatic heterocycles. The maximum atomic E-state index is 11.5. The Labute approximate surface area is 229 Å². The summed E-state index contributed by atoms with van der Waals surface area (Å²) in [6.45, 7) is 5.56. The SMILES string of the molecule is Cc1cc(N=Nc2cc(N=Nc3ccc(N=Nc4ccc(C)c(C)c4)cc3)c(O)cc2O)c(O)c(S(=O)(=O)O)c1. The van der Waals surface area contributed by atoms with Crippen LogP contribution in [0, 0.1) is 20.8 Å². The van der Waals surface area contributed by atoms with Crippen molar-refractivity contribution in [3.8, 4) is 17.2 Å². The number of phenolic OH excluding ortho intramolecular Hbond substituents is 3. The maximum absolute atomic E-state index is 11.5. The maximum Gasteiger partial charge on any atom is 0.298 e. The second-order valence-corrected chi connectivity index (χ2v) is 10.2. The smallest absolute Gasteiger partial charge is 0.298 e. The molecule has 4 aromatic carbocycles. The molecule has 0 unspecified atom stereocenters. The molecular weight excluding hydrogens is 536 g/mol. The fourth-order valence-corrected chi connectivity index (χ4v) is 4.11. The monoisotopic (exact) mass is 560 g/mol. The summed E-state index contributed by atoms with van der Waals surface area (Å²) >= 11 is 0. The van der Waals surface area contributed by atoms with E-state index in [4.69, 9.17) is 0 Å². The van der Waals surface area contributed by atoms with Gasteiger partial charge in [0.15, 0.2) is 5.75 Å². The van der Waals surface area contributed by atoms with Crippen LogP contribution in [0.1, 0.15) is 16.7 Å². The molecule has 0 saturated carbocycles. The summed E-state index contributed by atoms with van der Waals surface area (Å²) in [4.78, 5) is -0.733. The molecule has 0 fully saturated rings. The number of rotatable bonds is 7.